The number of ketones is 1. The molecular formula is C22H25N3O5. The molecule has 8 nitrogen and oxygen atoms in total. The maximum atomic E-state index is 13.1. The van der Waals surface area contributed by atoms with Gasteiger partial charge in [-0.25, -0.2) is 9.59 Å². The number of esters is 1. The highest BCUT2D eigenvalue weighted by Gasteiger charge is 2.49. The van der Waals surface area contributed by atoms with Crippen LogP contribution in [0.2, 0.25) is 0 Å². The van der Waals surface area contributed by atoms with Crippen LogP contribution in [0.3, 0.4) is 0 Å². The van der Waals surface area contributed by atoms with Crippen molar-refractivity contribution in [3.8, 4) is 0 Å². The molecule has 1 aliphatic rings. The van der Waals surface area contributed by atoms with Gasteiger partial charge < -0.3 is 15.0 Å². The first-order valence-electron chi connectivity index (χ1n) is 9.70. The number of aromatic amines is 1. The summed E-state index contributed by atoms with van der Waals surface area (Å²) < 4.78 is 5.05. The molecule has 1 aliphatic heterocycles. The number of aryl methyl sites for hydroxylation is 3. The number of carbonyl (C=O) groups excluding carboxylic acids is 4. The molecule has 2 N–H and O–H groups in total. The second-order valence-corrected chi connectivity index (χ2v) is 7.58. The van der Waals surface area contributed by atoms with Crippen molar-refractivity contribution >= 4 is 23.7 Å². The highest BCUT2D eigenvalue weighted by molar-refractivity contribution is 6.14. The third-order valence-electron chi connectivity index (χ3n) is 5.34. The second-order valence-electron chi connectivity index (χ2n) is 7.58. The number of H-pyrrole nitrogens is 1. The van der Waals surface area contributed by atoms with E-state index in [9.17, 15) is 19.2 Å². The molecule has 1 saturated heterocycles. The number of amides is 3. The van der Waals surface area contributed by atoms with E-state index in [1.165, 1.54) is 0 Å². The largest absolute Gasteiger partial charge is 0.462 e. The molecule has 0 bridgehead atoms. The van der Waals surface area contributed by atoms with Gasteiger partial charge in [0.15, 0.2) is 5.78 Å². The summed E-state index contributed by atoms with van der Waals surface area (Å²) in [5, 5.41) is 2.69. The van der Waals surface area contributed by atoms with Crippen LogP contribution in [0.25, 0.3) is 0 Å². The van der Waals surface area contributed by atoms with Crippen LogP contribution in [-0.2, 0) is 15.1 Å². The summed E-state index contributed by atoms with van der Waals surface area (Å²) in [6.07, 6.45) is 0. The Labute approximate surface area is 174 Å². The molecule has 2 heterocycles. The number of nitrogens with one attached hydrogen (secondary N) is 2. The minimum atomic E-state index is -1.27. The standard InChI is InChI=1S/C22H25N3O5/c1-6-30-19(27)18-14(4)23-13(3)17(18)16(26)11-25-20(28)22(5,24-21(25)29)15-9-7-12(2)8-10-15/h7-10,23H,6,11H2,1-5H3,(H,24,29). The van der Waals surface area contributed by atoms with Crippen molar-refractivity contribution in [1.82, 2.24) is 15.2 Å². The Morgan fingerprint density at radius 3 is 2.23 bits per heavy atom. The number of rotatable bonds is 6. The van der Waals surface area contributed by atoms with Crippen molar-refractivity contribution in [3.63, 3.8) is 0 Å². The van der Waals surface area contributed by atoms with Gasteiger partial charge in [-0.15, -0.1) is 0 Å². The van der Waals surface area contributed by atoms with Crippen LogP contribution in [0, 0.1) is 20.8 Å². The van der Waals surface area contributed by atoms with Gasteiger partial charge in [-0.3, -0.25) is 14.5 Å². The van der Waals surface area contributed by atoms with Gasteiger partial charge in [-0.05, 0) is 40.2 Å². The van der Waals surface area contributed by atoms with Gasteiger partial charge in [-0.1, -0.05) is 29.8 Å². The molecule has 30 heavy (non-hydrogen) atoms. The molecule has 1 unspecified atom stereocenters. The molecule has 3 amide bonds. The molecule has 1 aromatic carbocycles. The Balaban J connectivity index is 1.89. The number of carbonyl (C=O) groups is 4. The zero-order valence-electron chi connectivity index (χ0n) is 17.7. The van der Waals surface area contributed by atoms with E-state index in [-0.39, 0.29) is 17.7 Å². The van der Waals surface area contributed by atoms with Crippen molar-refractivity contribution in [3.05, 3.63) is 57.9 Å². The average molecular weight is 411 g/mol. The number of hydrogen-bond donors (Lipinski definition) is 2. The van der Waals surface area contributed by atoms with Crippen LogP contribution >= 0.6 is 0 Å². The van der Waals surface area contributed by atoms with Gasteiger partial charge >= 0.3 is 12.0 Å². The maximum absolute atomic E-state index is 13.1. The van der Waals surface area contributed by atoms with Crippen LogP contribution < -0.4 is 5.32 Å². The molecule has 0 saturated carbocycles. The summed E-state index contributed by atoms with van der Waals surface area (Å²) >= 11 is 0. The van der Waals surface area contributed by atoms with Gasteiger partial charge in [0.1, 0.15) is 5.54 Å². The monoisotopic (exact) mass is 411 g/mol. The number of ether oxygens (including phenoxy) is 1. The quantitative estimate of drug-likeness (QED) is 0.432. The first-order chi connectivity index (χ1) is 14.1. The predicted octanol–water partition coefficient (Wildman–Crippen LogP) is 2.77. The number of nitrogens with zero attached hydrogens (tertiary/aromatic N) is 1. The highest BCUT2D eigenvalue weighted by Crippen LogP contribution is 2.30. The number of hydrogen-bond acceptors (Lipinski definition) is 5. The van der Waals surface area contributed by atoms with E-state index in [0.29, 0.717) is 17.0 Å². The number of benzene rings is 1. The van der Waals surface area contributed by atoms with E-state index in [0.717, 1.165) is 10.5 Å². The zero-order valence-corrected chi connectivity index (χ0v) is 17.7. The van der Waals surface area contributed by atoms with Crippen LogP contribution in [0.15, 0.2) is 24.3 Å². The second kappa shape index (κ2) is 7.78. The lowest BCUT2D eigenvalue weighted by Crippen LogP contribution is -2.41. The molecule has 1 aromatic heterocycles. The molecule has 0 aliphatic carbocycles. The average Bonchev–Trinajstić information content (AvgIpc) is 3.10. The predicted molar refractivity (Wildman–Crippen MR) is 109 cm³/mol. The molecular weight excluding hydrogens is 386 g/mol. The van der Waals surface area contributed by atoms with Crippen LogP contribution in [0.4, 0.5) is 4.79 Å². The van der Waals surface area contributed by atoms with Gasteiger partial charge in [0.2, 0.25) is 0 Å². The Morgan fingerprint density at radius 1 is 1.03 bits per heavy atom. The summed E-state index contributed by atoms with van der Waals surface area (Å²) in [4.78, 5) is 54.9. The molecule has 3 rings (SSSR count). The van der Waals surface area contributed by atoms with Gasteiger partial charge in [0.25, 0.3) is 5.91 Å². The third kappa shape index (κ3) is 3.49. The van der Waals surface area contributed by atoms with Crippen LogP contribution in [0.1, 0.15) is 57.1 Å². The molecule has 0 radical (unpaired) electrons. The van der Waals surface area contributed by atoms with E-state index < -0.39 is 35.8 Å². The van der Waals surface area contributed by atoms with E-state index in [2.05, 4.69) is 10.3 Å². The third-order valence-corrected chi connectivity index (χ3v) is 5.34. The molecule has 2 aromatic rings. The van der Waals surface area contributed by atoms with Crippen molar-refractivity contribution in [2.24, 2.45) is 0 Å². The fourth-order valence-corrected chi connectivity index (χ4v) is 3.73. The smallest absolute Gasteiger partial charge is 0.340 e. The summed E-state index contributed by atoms with van der Waals surface area (Å²) in [7, 11) is 0. The maximum Gasteiger partial charge on any atom is 0.340 e. The number of urea groups is 1. The molecule has 1 atom stereocenters. The summed E-state index contributed by atoms with van der Waals surface area (Å²) in [6, 6.07) is 6.60. The minimum Gasteiger partial charge on any atom is -0.462 e. The highest BCUT2D eigenvalue weighted by atomic mass is 16.5. The number of aromatic nitrogens is 1. The lowest BCUT2D eigenvalue weighted by atomic mass is 9.91. The van der Waals surface area contributed by atoms with Crippen molar-refractivity contribution in [1.29, 1.82) is 0 Å². The number of imide groups is 1. The lowest BCUT2D eigenvalue weighted by molar-refractivity contribution is -0.130. The summed E-state index contributed by atoms with van der Waals surface area (Å²) in [5.74, 6) is -1.66. The van der Waals surface area contributed by atoms with Gasteiger partial charge in [0, 0.05) is 11.4 Å². The Bertz CT molecular complexity index is 1040. The Hall–Kier alpha value is -3.42. The molecule has 1 fully saturated rings. The Kier molecular flexibility index (Phi) is 5.52. The van der Waals surface area contributed by atoms with Crippen LogP contribution in [0.5, 0.6) is 0 Å². The fraction of sp³-hybridized carbons (Fsp3) is 0.364. The first kappa shape index (κ1) is 21.3. The number of Topliss-reactive ketones (excluding diaryl/α,β-unsaturated/α-hetero) is 1. The van der Waals surface area contributed by atoms with Crippen LogP contribution in [-0.4, -0.2) is 46.7 Å². The van der Waals surface area contributed by atoms with E-state index in [4.69, 9.17) is 4.74 Å². The Morgan fingerprint density at radius 2 is 1.63 bits per heavy atom. The summed E-state index contributed by atoms with van der Waals surface area (Å²) in [5.41, 5.74) is 1.63. The normalized spacial score (nSPS) is 18.5. The van der Waals surface area contributed by atoms with E-state index in [1.54, 1.807) is 39.8 Å². The van der Waals surface area contributed by atoms with Crippen molar-refractivity contribution in [2.75, 3.05) is 13.2 Å². The van der Waals surface area contributed by atoms with E-state index in [1.807, 2.05) is 19.1 Å². The minimum absolute atomic E-state index is 0.132. The van der Waals surface area contributed by atoms with Crippen molar-refractivity contribution in [2.45, 2.75) is 40.2 Å². The van der Waals surface area contributed by atoms with Crippen molar-refractivity contribution < 1.29 is 23.9 Å². The van der Waals surface area contributed by atoms with Gasteiger partial charge in [0.05, 0.1) is 24.3 Å². The SMILES string of the molecule is CCOC(=O)c1c(C)[nH]c(C)c1C(=O)CN1C(=O)NC(C)(c2ccc(C)cc2)C1=O. The molecule has 8 heteroatoms. The lowest BCUT2D eigenvalue weighted by Gasteiger charge is -2.22. The molecule has 0 spiro atoms. The fourth-order valence-electron chi connectivity index (χ4n) is 3.73. The van der Waals surface area contributed by atoms with E-state index >= 15 is 0 Å². The summed E-state index contributed by atoms with van der Waals surface area (Å²) in [6.45, 7) is 8.22. The zero-order chi connectivity index (χ0) is 22.2. The first-order valence-corrected chi connectivity index (χ1v) is 9.70. The topological polar surface area (TPSA) is 109 Å². The molecule has 158 valence electrons. The van der Waals surface area contributed by atoms with Gasteiger partial charge in [-0.2, -0.15) is 0 Å².